The van der Waals surface area contributed by atoms with Crippen LogP contribution in [0.5, 0.6) is 0 Å². The minimum absolute atomic E-state index is 0.0703. The number of hydrogen-bond acceptors (Lipinski definition) is 5. The number of nitro groups is 1. The van der Waals surface area contributed by atoms with Crippen molar-refractivity contribution in [3.63, 3.8) is 0 Å². The van der Waals surface area contributed by atoms with Gasteiger partial charge in [-0.2, -0.15) is 11.3 Å². The molecule has 0 saturated heterocycles. The van der Waals surface area contributed by atoms with Crippen LogP contribution in [0.2, 0.25) is 0 Å². The van der Waals surface area contributed by atoms with Crippen LogP contribution in [-0.2, 0) is 11.4 Å². The van der Waals surface area contributed by atoms with Crippen LogP contribution < -0.4 is 5.73 Å². The Hall–Kier alpha value is -2.41. The lowest BCUT2D eigenvalue weighted by Gasteiger charge is -2.05. The smallest absolute Gasteiger partial charge is 0.272 e. The quantitative estimate of drug-likeness (QED) is 0.397. The Bertz CT molecular complexity index is 638. The monoisotopic (exact) mass is 291 g/mol. The number of hydrogen-bond donors (Lipinski definition) is 1. The number of rotatable bonds is 5. The number of nitrogens with zero attached hydrogens (tertiary/aromatic N) is 2. The number of nitro benzene ring substituents is 1. The zero-order valence-corrected chi connectivity index (χ0v) is 11.6. The predicted octanol–water partition coefficient (Wildman–Crippen LogP) is 2.80. The molecular weight excluding hydrogens is 278 g/mol. The van der Waals surface area contributed by atoms with Crippen LogP contribution in [0.1, 0.15) is 16.7 Å². The largest absolute Gasteiger partial charge is 0.389 e. The summed E-state index contributed by atoms with van der Waals surface area (Å²) in [6, 6.07) is 6.68. The Labute approximate surface area is 119 Å². The molecular formula is C13H13N3O3S. The lowest BCUT2D eigenvalue weighted by molar-refractivity contribution is -0.385. The van der Waals surface area contributed by atoms with E-state index in [1.807, 2.05) is 16.8 Å². The molecule has 0 radical (unpaired) electrons. The van der Waals surface area contributed by atoms with Crippen LogP contribution >= 0.6 is 11.3 Å². The van der Waals surface area contributed by atoms with Gasteiger partial charge in [-0.3, -0.25) is 10.1 Å². The SMILES string of the molecule is Cc1c(CO/N=C(/N)c2ccsc2)cccc1[N+](=O)[O-]. The minimum Gasteiger partial charge on any atom is -0.389 e. The summed E-state index contributed by atoms with van der Waals surface area (Å²) in [6.45, 7) is 1.82. The van der Waals surface area contributed by atoms with E-state index >= 15 is 0 Å². The summed E-state index contributed by atoms with van der Waals surface area (Å²) in [5.41, 5.74) is 7.89. The van der Waals surface area contributed by atoms with Gasteiger partial charge in [0, 0.05) is 28.1 Å². The van der Waals surface area contributed by atoms with Crippen molar-refractivity contribution in [2.45, 2.75) is 13.5 Å². The van der Waals surface area contributed by atoms with Crippen molar-refractivity contribution in [3.8, 4) is 0 Å². The standard InChI is InChI=1S/C13H13N3O3S/c1-9-10(3-2-4-12(9)16(17)18)7-19-15-13(14)11-5-6-20-8-11/h2-6,8H,7H2,1H3,(H2,14,15). The summed E-state index contributed by atoms with van der Waals surface area (Å²) >= 11 is 1.51. The van der Waals surface area contributed by atoms with Crippen LogP contribution in [0.3, 0.4) is 0 Å². The van der Waals surface area contributed by atoms with Gasteiger partial charge in [-0.1, -0.05) is 17.3 Å². The molecule has 20 heavy (non-hydrogen) atoms. The molecule has 0 aliphatic rings. The van der Waals surface area contributed by atoms with Gasteiger partial charge in [0.15, 0.2) is 5.84 Å². The fraction of sp³-hybridized carbons (Fsp3) is 0.154. The van der Waals surface area contributed by atoms with Gasteiger partial charge in [0.2, 0.25) is 0 Å². The van der Waals surface area contributed by atoms with Gasteiger partial charge in [0.1, 0.15) is 6.61 Å². The third kappa shape index (κ3) is 3.12. The van der Waals surface area contributed by atoms with E-state index in [0.29, 0.717) is 11.1 Å². The Morgan fingerprint density at radius 1 is 1.50 bits per heavy atom. The normalized spacial score (nSPS) is 11.3. The molecule has 0 aliphatic heterocycles. The summed E-state index contributed by atoms with van der Waals surface area (Å²) in [4.78, 5) is 15.6. The second-order valence-electron chi connectivity index (χ2n) is 4.08. The fourth-order valence-electron chi connectivity index (χ4n) is 1.66. The topological polar surface area (TPSA) is 90.8 Å². The van der Waals surface area contributed by atoms with Crippen molar-refractivity contribution in [1.29, 1.82) is 0 Å². The maximum Gasteiger partial charge on any atom is 0.272 e. The molecule has 1 heterocycles. The lowest BCUT2D eigenvalue weighted by atomic mass is 10.1. The van der Waals surface area contributed by atoms with E-state index < -0.39 is 4.92 Å². The molecule has 0 saturated carbocycles. The van der Waals surface area contributed by atoms with Crippen molar-refractivity contribution in [1.82, 2.24) is 0 Å². The third-order valence-corrected chi connectivity index (χ3v) is 3.50. The highest BCUT2D eigenvalue weighted by atomic mass is 32.1. The zero-order valence-electron chi connectivity index (χ0n) is 10.8. The maximum absolute atomic E-state index is 10.8. The van der Waals surface area contributed by atoms with Crippen LogP contribution in [0.15, 0.2) is 40.2 Å². The third-order valence-electron chi connectivity index (χ3n) is 2.81. The first-order chi connectivity index (χ1) is 9.59. The average molecular weight is 291 g/mol. The molecule has 1 aromatic carbocycles. The van der Waals surface area contributed by atoms with Gasteiger partial charge in [-0.05, 0) is 18.4 Å². The highest BCUT2D eigenvalue weighted by Gasteiger charge is 2.13. The molecule has 0 spiro atoms. The molecule has 2 aromatic rings. The highest BCUT2D eigenvalue weighted by Crippen LogP contribution is 2.21. The highest BCUT2D eigenvalue weighted by molar-refractivity contribution is 7.08. The number of benzene rings is 1. The molecule has 0 atom stereocenters. The van der Waals surface area contributed by atoms with Crippen LogP contribution in [0.25, 0.3) is 0 Å². The number of thiophene rings is 1. The first-order valence-electron chi connectivity index (χ1n) is 5.80. The molecule has 6 nitrogen and oxygen atoms in total. The van der Waals surface area contributed by atoms with E-state index in [-0.39, 0.29) is 18.1 Å². The molecule has 0 bridgehead atoms. The Kier molecular flexibility index (Phi) is 4.31. The molecule has 0 unspecified atom stereocenters. The van der Waals surface area contributed by atoms with E-state index in [2.05, 4.69) is 5.16 Å². The molecule has 0 aliphatic carbocycles. The first-order valence-corrected chi connectivity index (χ1v) is 6.74. The van der Waals surface area contributed by atoms with Gasteiger partial charge >= 0.3 is 0 Å². The summed E-state index contributed by atoms with van der Waals surface area (Å²) in [6.07, 6.45) is 0. The van der Waals surface area contributed by atoms with Crippen molar-refractivity contribution >= 4 is 22.9 Å². The second-order valence-corrected chi connectivity index (χ2v) is 4.86. The van der Waals surface area contributed by atoms with Gasteiger partial charge in [0.05, 0.1) is 4.92 Å². The van der Waals surface area contributed by atoms with Crippen LogP contribution in [-0.4, -0.2) is 10.8 Å². The summed E-state index contributed by atoms with van der Waals surface area (Å²) in [7, 11) is 0. The van der Waals surface area contributed by atoms with Gasteiger partial charge in [0.25, 0.3) is 5.69 Å². The van der Waals surface area contributed by atoms with E-state index in [1.165, 1.54) is 17.4 Å². The van der Waals surface area contributed by atoms with E-state index in [0.717, 1.165) is 5.56 Å². The van der Waals surface area contributed by atoms with Crippen LogP contribution in [0.4, 0.5) is 5.69 Å². The Morgan fingerprint density at radius 2 is 2.30 bits per heavy atom. The maximum atomic E-state index is 10.8. The summed E-state index contributed by atoms with van der Waals surface area (Å²) in [5, 5.41) is 18.4. The average Bonchev–Trinajstić information content (AvgIpc) is 2.94. The lowest BCUT2D eigenvalue weighted by Crippen LogP contribution is -2.12. The fourth-order valence-corrected chi connectivity index (χ4v) is 2.31. The van der Waals surface area contributed by atoms with Crippen LogP contribution in [0, 0.1) is 17.0 Å². The number of amidine groups is 1. The van der Waals surface area contributed by atoms with Crippen molar-refractivity contribution in [2.24, 2.45) is 10.9 Å². The molecule has 0 fully saturated rings. The predicted molar refractivity (Wildman–Crippen MR) is 77.7 cm³/mol. The molecule has 1 aromatic heterocycles. The van der Waals surface area contributed by atoms with Gasteiger partial charge in [-0.25, -0.2) is 0 Å². The molecule has 2 rings (SSSR count). The van der Waals surface area contributed by atoms with Gasteiger partial charge < -0.3 is 10.6 Å². The second kappa shape index (κ2) is 6.16. The number of nitrogens with two attached hydrogens (primary N) is 1. The van der Waals surface area contributed by atoms with Gasteiger partial charge in [-0.15, -0.1) is 0 Å². The van der Waals surface area contributed by atoms with E-state index in [9.17, 15) is 10.1 Å². The van der Waals surface area contributed by atoms with Crippen molar-refractivity contribution in [3.05, 3.63) is 61.8 Å². The molecule has 0 amide bonds. The van der Waals surface area contributed by atoms with E-state index in [4.69, 9.17) is 10.6 Å². The minimum atomic E-state index is -0.415. The Morgan fingerprint density at radius 3 is 2.95 bits per heavy atom. The van der Waals surface area contributed by atoms with Crippen molar-refractivity contribution < 1.29 is 9.76 Å². The van der Waals surface area contributed by atoms with E-state index in [1.54, 1.807) is 19.1 Å². The summed E-state index contributed by atoms with van der Waals surface area (Å²) < 4.78 is 0. The molecule has 104 valence electrons. The van der Waals surface area contributed by atoms with Crippen molar-refractivity contribution in [2.75, 3.05) is 0 Å². The Balaban J connectivity index is 2.07. The first kappa shape index (κ1) is 14.0. The zero-order chi connectivity index (χ0) is 14.5. The number of oxime groups is 1. The summed E-state index contributed by atoms with van der Waals surface area (Å²) in [5.74, 6) is 0.286. The molecule has 7 heteroatoms. The molecule has 2 N–H and O–H groups in total.